The van der Waals surface area contributed by atoms with Crippen molar-refractivity contribution in [3.8, 4) is 0 Å². The van der Waals surface area contributed by atoms with E-state index in [0.29, 0.717) is 35.9 Å². The predicted octanol–water partition coefficient (Wildman–Crippen LogP) is 4.09. The lowest BCUT2D eigenvalue weighted by atomic mass is 9.81. The zero-order valence-electron chi connectivity index (χ0n) is 22.7. The number of carbonyl (C=O) groups is 2. The van der Waals surface area contributed by atoms with Gasteiger partial charge in [0.1, 0.15) is 6.04 Å². The molecule has 1 aliphatic heterocycles. The fourth-order valence-electron chi connectivity index (χ4n) is 5.76. The molecule has 4 rings (SSSR count). The van der Waals surface area contributed by atoms with Gasteiger partial charge < -0.3 is 15.1 Å². The van der Waals surface area contributed by atoms with Crippen LogP contribution in [0.5, 0.6) is 0 Å². The van der Waals surface area contributed by atoms with Gasteiger partial charge >= 0.3 is 0 Å². The second kappa shape index (κ2) is 12.2. The number of rotatable bonds is 9. The van der Waals surface area contributed by atoms with E-state index in [-0.39, 0.29) is 35.6 Å². The van der Waals surface area contributed by atoms with Crippen LogP contribution < -0.4 is 5.32 Å². The molecule has 38 heavy (non-hydrogen) atoms. The van der Waals surface area contributed by atoms with Crippen LogP contribution in [0.15, 0.2) is 64.4 Å². The van der Waals surface area contributed by atoms with Crippen molar-refractivity contribution >= 4 is 33.4 Å². The molecular weight excluding hydrogens is 518 g/mol. The molecule has 1 aliphatic carbocycles. The van der Waals surface area contributed by atoms with Crippen molar-refractivity contribution in [3.63, 3.8) is 0 Å². The summed E-state index contributed by atoms with van der Waals surface area (Å²) in [6, 6.07) is 15.8. The first-order valence-electron chi connectivity index (χ1n) is 13.4. The van der Waals surface area contributed by atoms with Gasteiger partial charge in [-0.3, -0.25) is 9.59 Å². The number of amides is 2. The molecule has 4 atom stereocenters. The topological polar surface area (TPSA) is 86.8 Å². The Morgan fingerprint density at radius 2 is 1.76 bits per heavy atom. The van der Waals surface area contributed by atoms with E-state index in [1.807, 2.05) is 29.4 Å². The molecule has 9 heteroatoms. The Hall–Kier alpha value is -2.36. The van der Waals surface area contributed by atoms with Crippen LogP contribution in [0.2, 0.25) is 0 Å². The van der Waals surface area contributed by atoms with E-state index in [0.717, 1.165) is 17.7 Å². The fourth-order valence-corrected chi connectivity index (χ4v) is 7.83. The van der Waals surface area contributed by atoms with E-state index in [2.05, 4.69) is 31.1 Å². The Labute approximate surface area is 231 Å². The monoisotopic (exact) mass is 557 g/mol. The lowest BCUT2D eigenvalue weighted by molar-refractivity contribution is -0.133. The molecule has 1 saturated heterocycles. The van der Waals surface area contributed by atoms with E-state index in [4.69, 9.17) is 0 Å². The van der Waals surface area contributed by atoms with Gasteiger partial charge in [-0.25, -0.2) is 8.42 Å². The summed E-state index contributed by atoms with van der Waals surface area (Å²) in [7, 11) is -1.44. The number of nitrogens with one attached hydrogen (secondary N) is 1. The third kappa shape index (κ3) is 6.43. The van der Waals surface area contributed by atoms with E-state index in [1.165, 1.54) is 0 Å². The van der Waals surface area contributed by atoms with Gasteiger partial charge in [-0.15, -0.1) is 11.8 Å². The number of sulfone groups is 1. The first-order chi connectivity index (χ1) is 18.1. The molecule has 0 radical (unpaired) electrons. The molecule has 2 aromatic carbocycles. The Kier molecular flexibility index (Phi) is 9.21. The van der Waals surface area contributed by atoms with Gasteiger partial charge in [-0.1, -0.05) is 18.2 Å². The van der Waals surface area contributed by atoms with Crippen molar-refractivity contribution < 1.29 is 18.0 Å². The Balaban J connectivity index is 1.53. The van der Waals surface area contributed by atoms with E-state index in [1.54, 1.807) is 48.2 Å². The number of nitrogens with zero attached hydrogens (tertiary/aromatic N) is 2. The number of thioether (sulfide) groups is 1. The zero-order valence-corrected chi connectivity index (χ0v) is 24.3. The Morgan fingerprint density at radius 3 is 2.39 bits per heavy atom. The second-order valence-electron chi connectivity index (χ2n) is 10.7. The lowest BCUT2D eigenvalue weighted by Crippen LogP contribution is -2.53. The van der Waals surface area contributed by atoms with Crippen molar-refractivity contribution in [2.24, 2.45) is 5.92 Å². The molecule has 7 nitrogen and oxygen atoms in total. The van der Waals surface area contributed by atoms with Crippen molar-refractivity contribution in [1.29, 1.82) is 0 Å². The van der Waals surface area contributed by atoms with Crippen LogP contribution in [0.3, 0.4) is 0 Å². The van der Waals surface area contributed by atoms with Crippen LogP contribution in [0, 0.1) is 5.92 Å². The zero-order chi connectivity index (χ0) is 27.4. The summed E-state index contributed by atoms with van der Waals surface area (Å²) in [6.45, 7) is 4.82. The molecule has 2 fully saturated rings. The Morgan fingerprint density at radius 1 is 1.08 bits per heavy atom. The number of likely N-dealkylation sites (tertiary alicyclic amines) is 1. The molecule has 2 aliphatic rings. The molecule has 0 spiro atoms. The third-order valence-corrected chi connectivity index (χ3v) is 10.7. The maximum Gasteiger partial charge on any atom is 0.251 e. The molecule has 2 amide bonds. The highest BCUT2D eigenvalue weighted by atomic mass is 32.2. The molecule has 1 heterocycles. The second-order valence-corrected chi connectivity index (χ2v) is 13.6. The van der Waals surface area contributed by atoms with E-state index < -0.39 is 15.9 Å². The van der Waals surface area contributed by atoms with Gasteiger partial charge in [-0.05, 0) is 95.2 Å². The quantitative estimate of drug-likeness (QED) is 0.468. The Bertz CT molecular complexity index is 1220. The van der Waals surface area contributed by atoms with Gasteiger partial charge in [0.15, 0.2) is 9.84 Å². The molecule has 1 saturated carbocycles. The summed E-state index contributed by atoms with van der Waals surface area (Å²) in [5.41, 5.74) is 0.521. The summed E-state index contributed by atoms with van der Waals surface area (Å²) in [6.07, 6.45) is 4.86. The van der Waals surface area contributed by atoms with Gasteiger partial charge in [0, 0.05) is 35.1 Å². The van der Waals surface area contributed by atoms with E-state index >= 15 is 0 Å². The summed E-state index contributed by atoms with van der Waals surface area (Å²) in [5, 5.41) is 2.90. The summed E-state index contributed by atoms with van der Waals surface area (Å²) in [5.74, 6) is -0.556. The summed E-state index contributed by atoms with van der Waals surface area (Å²) >= 11 is 1.58. The van der Waals surface area contributed by atoms with Gasteiger partial charge in [0.25, 0.3) is 5.91 Å². The molecule has 0 unspecified atom stereocenters. The largest absolute Gasteiger partial charge is 0.340 e. The molecule has 1 N–H and O–H groups in total. The van der Waals surface area contributed by atoms with Gasteiger partial charge in [-0.2, -0.15) is 0 Å². The third-order valence-electron chi connectivity index (χ3n) is 8.14. The summed E-state index contributed by atoms with van der Waals surface area (Å²) in [4.78, 5) is 31.7. The highest BCUT2D eigenvalue weighted by Crippen LogP contribution is 2.36. The van der Waals surface area contributed by atoms with Gasteiger partial charge in [0.05, 0.1) is 10.6 Å². The maximum absolute atomic E-state index is 13.5. The fraction of sp³-hybridized carbons (Fsp3) is 0.517. The smallest absolute Gasteiger partial charge is 0.251 e. The molecule has 206 valence electrons. The first kappa shape index (κ1) is 28.6. The molecule has 0 aromatic heterocycles. The van der Waals surface area contributed by atoms with Crippen LogP contribution in [0.1, 0.15) is 49.9 Å². The minimum atomic E-state index is -3.54. The van der Waals surface area contributed by atoms with Crippen molar-refractivity contribution in [2.45, 2.75) is 73.5 Å². The average molecular weight is 558 g/mol. The lowest BCUT2D eigenvalue weighted by Gasteiger charge is -2.44. The number of hydrogen-bond acceptors (Lipinski definition) is 6. The van der Waals surface area contributed by atoms with Crippen LogP contribution in [0.4, 0.5) is 0 Å². The van der Waals surface area contributed by atoms with Crippen molar-refractivity contribution in [1.82, 2.24) is 15.1 Å². The minimum Gasteiger partial charge on any atom is -0.340 e. The molecular formula is C29H39N3O4S2. The van der Waals surface area contributed by atoms with Crippen LogP contribution >= 0.6 is 11.8 Å². The van der Waals surface area contributed by atoms with Crippen LogP contribution in [-0.4, -0.2) is 79.8 Å². The number of benzene rings is 2. The van der Waals surface area contributed by atoms with Crippen molar-refractivity contribution in [2.75, 3.05) is 25.6 Å². The highest BCUT2D eigenvalue weighted by molar-refractivity contribution is 7.98. The average Bonchev–Trinajstić information content (AvgIpc) is 3.27. The van der Waals surface area contributed by atoms with E-state index in [9.17, 15) is 18.0 Å². The van der Waals surface area contributed by atoms with Crippen LogP contribution in [0.25, 0.3) is 0 Å². The van der Waals surface area contributed by atoms with Crippen molar-refractivity contribution in [3.05, 3.63) is 60.2 Å². The first-order valence-corrected chi connectivity index (χ1v) is 16.2. The predicted molar refractivity (Wildman–Crippen MR) is 152 cm³/mol. The standard InChI is InChI=1S/C29H39N3O4S2/c1-20(2)31(3)23-10-15-27(22(18-23)19-38(35,36)25-13-11-24(37-4)12-14-25)32-17-16-26(29(32)34)30-28(33)21-8-6-5-7-9-21/h5-9,11-14,20,22-23,26-27H,10,15-19H2,1-4H3,(H,30,33)/t22-,23-,26+,27+/m1/s1. The minimum absolute atomic E-state index is 0.00351. The maximum atomic E-state index is 13.5. The SMILES string of the molecule is CSc1ccc(S(=O)(=O)C[C@H]2C[C@H](N(C)C(C)C)CC[C@@H]2N2CC[C@H](NC(=O)c3ccccc3)C2=O)cc1. The number of carbonyl (C=O) groups excluding carboxylic acids is 2. The number of hydrogen-bond donors (Lipinski definition) is 1. The van der Waals surface area contributed by atoms with Crippen LogP contribution in [-0.2, 0) is 14.6 Å². The highest BCUT2D eigenvalue weighted by Gasteiger charge is 2.44. The summed E-state index contributed by atoms with van der Waals surface area (Å²) < 4.78 is 27.1. The van der Waals surface area contributed by atoms with Gasteiger partial charge in [0.2, 0.25) is 5.91 Å². The molecule has 0 bridgehead atoms. The normalized spacial score (nSPS) is 24.3. The molecule has 2 aromatic rings.